The summed E-state index contributed by atoms with van der Waals surface area (Å²) in [6, 6.07) is 3.12. The predicted molar refractivity (Wildman–Crippen MR) is 64.7 cm³/mol. The number of nitrogens with one attached hydrogen (secondary N) is 1. The summed E-state index contributed by atoms with van der Waals surface area (Å²) in [5, 5.41) is 20.0. The van der Waals surface area contributed by atoms with Gasteiger partial charge in [0.05, 0.1) is 11.3 Å². The van der Waals surface area contributed by atoms with Gasteiger partial charge in [0, 0.05) is 5.57 Å². The lowest BCUT2D eigenvalue weighted by molar-refractivity contribution is -0.136. The highest BCUT2D eigenvalue weighted by molar-refractivity contribution is 6.59. The van der Waals surface area contributed by atoms with Crippen LogP contribution in [-0.2, 0) is 11.0 Å². The standard InChI is InChI=1S/C11H11BF3NO3/c1-6(2)10(17)16-8-5-3-4-7(12(18)19)9(8)11(13,14)15/h3-5,18-19H,1H2,2H3,(H,16,17). The van der Waals surface area contributed by atoms with Crippen molar-refractivity contribution in [1.29, 1.82) is 0 Å². The molecule has 0 saturated heterocycles. The zero-order chi connectivity index (χ0) is 14.8. The molecule has 0 bridgehead atoms. The van der Waals surface area contributed by atoms with Crippen LogP contribution in [0.2, 0.25) is 0 Å². The van der Waals surface area contributed by atoms with Crippen molar-refractivity contribution >= 4 is 24.2 Å². The van der Waals surface area contributed by atoms with E-state index in [0.29, 0.717) is 0 Å². The SMILES string of the molecule is C=C(C)C(=O)Nc1cccc(B(O)O)c1C(F)(F)F. The third-order valence-electron chi connectivity index (χ3n) is 2.29. The van der Waals surface area contributed by atoms with Gasteiger partial charge in [0.2, 0.25) is 0 Å². The van der Waals surface area contributed by atoms with Crippen LogP contribution in [0.25, 0.3) is 0 Å². The van der Waals surface area contributed by atoms with E-state index in [9.17, 15) is 18.0 Å². The first-order valence-electron chi connectivity index (χ1n) is 5.17. The van der Waals surface area contributed by atoms with Gasteiger partial charge in [-0.05, 0) is 18.5 Å². The Morgan fingerprint density at radius 3 is 2.37 bits per heavy atom. The fourth-order valence-corrected chi connectivity index (χ4v) is 1.43. The summed E-state index contributed by atoms with van der Waals surface area (Å²) in [5.41, 5.74) is -2.54. The summed E-state index contributed by atoms with van der Waals surface area (Å²) in [7, 11) is -2.29. The molecule has 0 radical (unpaired) electrons. The number of halogens is 3. The zero-order valence-corrected chi connectivity index (χ0v) is 9.95. The summed E-state index contributed by atoms with van der Waals surface area (Å²) in [5.74, 6) is -0.782. The highest BCUT2D eigenvalue weighted by Crippen LogP contribution is 2.33. The second-order valence-corrected chi connectivity index (χ2v) is 3.88. The number of carbonyl (C=O) groups is 1. The monoisotopic (exact) mass is 273 g/mol. The van der Waals surface area contributed by atoms with Crippen molar-refractivity contribution in [3.63, 3.8) is 0 Å². The van der Waals surface area contributed by atoms with Gasteiger partial charge >= 0.3 is 13.3 Å². The molecule has 0 saturated carbocycles. The van der Waals surface area contributed by atoms with Crippen LogP contribution in [0.4, 0.5) is 18.9 Å². The second kappa shape index (κ2) is 5.46. The molecule has 0 fully saturated rings. The fourth-order valence-electron chi connectivity index (χ4n) is 1.43. The number of benzene rings is 1. The molecule has 0 atom stereocenters. The summed E-state index contributed by atoms with van der Waals surface area (Å²) in [6.07, 6.45) is -4.84. The normalized spacial score (nSPS) is 11.1. The number of anilines is 1. The van der Waals surface area contributed by atoms with E-state index in [0.717, 1.165) is 12.1 Å². The van der Waals surface area contributed by atoms with Gasteiger partial charge in [-0.25, -0.2) is 0 Å². The van der Waals surface area contributed by atoms with Crippen molar-refractivity contribution in [2.75, 3.05) is 5.32 Å². The van der Waals surface area contributed by atoms with Crippen LogP contribution >= 0.6 is 0 Å². The lowest BCUT2D eigenvalue weighted by Crippen LogP contribution is -2.37. The first-order chi connectivity index (χ1) is 8.64. The van der Waals surface area contributed by atoms with Crippen LogP contribution in [0.1, 0.15) is 12.5 Å². The van der Waals surface area contributed by atoms with Crippen LogP contribution < -0.4 is 10.8 Å². The van der Waals surface area contributed by atoms with Crippen molar-refractivity contribution in [3.8, 4) is 0 Å². The Balaban J connectivity index is 3.36. The van der Waals surface area contributed by atoms with Gasteiger partial charge in [0.25, 0.3) is 5.91 Å². The molecule has 102 valence electrons. The van der Waals surface area contributed by atoms with Gasteiger partial charge in [-0.1, -0.05) is 18.7 Å². The van der Waals surface area contributed by atoms with Gasteiger partial charge < -0.3 is 15.4 Å². The van der Waals surface area contributed by atoms with E-state index < -0.39 is 35.9 Å². The maximum Gasteiger partial charge on any atom is 0.489 e. The molecule has 0 aromatic heterocycles. The molecule has 8 heteroatoms. The zero-order valence-electron chi connectivity index (χ0n) is 9.95. The maximum atomic E-state index is 12.9. The van der Waals surface area contributed by atoms with E-state index >= 15 is 0 Å². The van der Waals surface area contributed by atoms with Crippen molar-refractivity contribution in [1.82, 2.24) is 0 Å². The van der Waals surface area contributed by atoms with Gasteiger partial charge in [-0.2, -0.15) is 13.2 Å². The summed E-state index contributed by atoms with van der Waals surface area (Å²) >= 11 is 0. The lowest BCUT2D eigenvalue weighted by atomic mass is 9.76. The first-order valence-corrected chi connectivity index (χ1v) is 5.17. The second-order valence-electron chi connectivity index (χ2n) is 3.88. The van der Waals surface area contributed by atoms with Gasteiger partial charge in [0.1, 0.15) is 0 Å². The molecule has 3 N–H and O–H groups in total. The number of carbonyl (C=O) groups excluding carboxylic acids is 1. The first kappa shape index (κ1) is 15.3. The van der Waals surface area contributed by atoms with E-state index in [4.69, 9.17) is 10.0 Å². The summed E-state index contributed by atoms with van der Waals surface area (Å²) in [6.45, 7) is 4.65. The third kappa shape index (κ3) is 3.58. The number of hydrogen-bond acceptors (Lipinski definition) is 3. The Morgan fingerprint density at radius 1 is 1.37 bits per heavy atom. The smallest absolute Gasteiger partial charge is 0.423 e. The van der Waals surface area contributed by atoms with E-state index in [-0.39, 0.29) is 5.57 Å². The Labute approximate surface area is 107 Å². The summed E-state index contributed by atoms with van der Waals surface area (Å²) < 4.78 is 38.8. The van der Waals surface area contributed by atoms with Crippen LogP contribution in [0.3, 0.4) is 0 Å². The van der Waals surface area contributed by atoms with Gasteiger partial charge in [-0.15, -0.1) is 0 Å². The number of alkyl halides is 3. The summed E-state index contributed by atoms with van der Waals surface area (Å²) in [4.78, 5) is 11.4. The molecule has 1 rings (SSSR count). The van der Waals surface area contributed by atoms with Gasteiger partial charge in [-0.3, -0.25) is 4.79 Å². The fraction of sp³-hybridized carbons (Fsp3) is 0.182. The molecule has 4 nitrogen and oxygen atoms in total. The van der Waals surface area contributed by atoms with E-state index in [1.165, 1.54) is 13.0 Å². The largest absolute Gasteiger partial charge is 0.489 e. The minimum Gasteiger partial charge on any atom is -0.423 e. The molecular weight excluding hydrogens is 262 g/mol. The number of amides is 1. The minimum absolute atomic E-state index is 0.0306. The number of rotatable bonds is 3. The van der Waals surface area contributed by atoms with Crippen molar-refractivity contribution in [2.24, 2.45) is 0 Å². The van der Waals surface area contributed by atoms with Crippen LogP contribution in [-0.4, -0.2) is 23.1 Å². The average Bonchev–Trinajstić information content (AvgIpc) is 2.26. The van der Waals surface area contributed by atoms with Crippen molar-refractivity contribution in [2.45, 2.75) is 13.1 Å². The third-order valence-corrected chi connectivity index (χ3v) is 2.29. The van der Waals surface area contributed by atoms with Crippen molar-refractivity contribution < 1.29 is 28.0 Å². The van der Waals surface area contributed by atoms with Crippen LogP contribution in [0, 0.1) is 0 Å². The number of hydrogen-bond donors (Lipinski definition) is 3. The quantitative estimate of drug-likeness (QED) is 0.566. The predicted octanol–water partition coefficient (Wildman–Crippen LogP) is 0.900. The van der Waals surface area contributed by atoms with Crippen molar-refractivity contribution in [3.05, 3.63) is 35.9 Å². The molecule has 0 aliphatic rings. The Kier molecular flexibility index (Phi) is 4.38. The molecule has 1 aromatic rings. The molecule has 1 amide bonds. The molecule has 0 unspecified atom stereocenters. The Hall–Kier alpha value is -1.80. The average molecular weight is 273 g/mol. The molecular formula is C11H11BF3NO3. The Morgan fingerprint density at radius 2 is 1.95 bits per heavy atom. The molecule has 19 heavy (non-hydrogen) atoms. The highest BCUT2D eigenvalue weighted by atomic mass is 19.4. The minimum atomic E-state index is -4.84. The van der Waals surface area contributed by atoms with E-state index in [1.807, 2.05) is 5.32 Å². The van der Waals surface area contributed by atoms with E-state index in [2.05, 4.69) is 6.58 Å². The molecule has 1 aromatic carbocycles. The van der Waals surface area contributed by atoms with Crippen LogP contribution in [0.5, 0.6) is 0 Å². The molecule has 0 aliphatic heterocycles. The van der Waals surface area contributed by atoms with Gasteiger partial charge in [0.15, 0.2) is 0 Å². The molecule has 0 heterocycles. The highest BCUT2D eigenvalue weighted by Gasteiger charge is 2.39. The molecule has 0 spiro atoms. The van der Waals surface area contributed by atoms with Crippen LogP contribution in [0.15, 0.2) is 30.4 Å². The topological polar surface area (TPSA) is 69.6 Å². The Bertz CT molecular complexity index is 514. The molecule has 0 aliphatic carbocycles. The lowest BCUT2D eigenvalue weighted by Gasteiger charge is -2.17. The maximum absolute atomic E-state index is 12.9. The van der Waals surface area contributed by atoms with E-state index in [1.54, 1.807) is 0 Å².